The van der Waals surface area contributed by atoms with Crippen LogP contribution >= 0.6 is 11.8 Å². The summed E-state index contributed by atoms with van der Waals surface area (Å²) in [6.07, 6.45) is 0.665. The third-order valence-electron chi connectivity index (χ3n) is 4.17. The molecule has 1 N–H and O–H groups in total. The number of halogens is 1. The van der Waals surface area contributed by atoms with Gasteiger partial charge >= 0.3 is 0 Å². The van der Waals surface area contributed by atoms with Crippen molar-refractivity contribution in [3.8, 4) is 23.0 Å². The van der Waals surface area contributed by atoms with Crippen molar-refractivity contribution in [1.82, 2.24) is 15.5 Å². The first-order chi connectivity index (χ1) is 15.1. The number of ether oxygens (including phenoxy) is 2. The van der Waals surface area contributed by atoms with Gasteiger partial charge in [-0.05, 0) is 62.2 Å². The fraction of sp³-hybridized carbons (Fsp3) is 0.318. The summed E-state index contributed by atoms with van der Waals surface area (Å²) in [5.41, 5.74) is 1.66. The number of nitrogens with one attached hydrogen (secondary N) is 1. The van der Waals surface area contributed by atoms with Crippen LogP contribution in [-0.4, -0.2) is 41.6 Å². The van der Waals surface area contributed by atoms with E-state index in [1.54, 1.807) is 12.1 Å². The number of carbonyl (C=O) groups is 1. The van der Waals surface area contributed by atoms with Crippen molar-refractivity contribution in [2.24, 2.45) is 0 Å². The highest BCUT2D eigenvalue weighted by molar-refractivity contribution is 7.99. The first-order valence-electron chi connectivity index (χ1n) is 9.96. The number of hydrogen-bond acceptors (Lipinski definition) is 7. The Kier molecular flexibility index (Phi) is 8.28. The van der Waals surface area contributed by atoms with Gasteiger partial charge in [0.15, 0.2) is 11.5 Å². The molecule has 164 valence electrons. The molecule has 0 spiro atoms. The Bertz CT molecular complexity index is 995. The average Bonchev–Trinajstić information content (AvgIpc) is 3.24. The highest BCUT2D eigenvalue weighted by Gasteiger charge is 2.12. The number of rotatable bonds is 11. The van der Waals surface area contributed by atoms with Crippen LogP contribution in [0.3, 0.4) is 0 Å². The third-order valence-corrected chi connectivity index (χ3v) is 4.99. The van der Waals surface area contributed by atoms with Gasteiger partial charge < -0.3 is 19.2 Å². The molecule has 0 bridgehead atoms. The van der Waals surface area contributed by atoms with E-state index in [-0.39, 0.29) is 28.6 Å². The predicted molar refractivity (Wildman–Crippen MR) is 116 cm³/mol. The summed E-state index contributed by atoms with van der Waals surface area (Å²) in [6, 6.07) is 11.5. The number of hydrogen-bond donors (Lipinski definition) is 1. The maximum atomic E-state index is 13.0. The molecule has 9 heteroatoms. The smallest absolute Gasteiger partial charge is 0.277 e. The van der Waals surface area contributed by atoms with Gasteiger partial charge in [0.1, 0.15) is 5.82 Å². The first kappa shape index (κ1) is 22.6. The summed E-state index contributed by atoms with van der Waals surface area (Å²) in [5.74, 6) is 1.38. The molecule has 1 amide bonds. The quantitative estimate of drug-likeness (QED) is 0.444. The second-order valence-electron chi connectivity index (χ2n) is 6.42. The molecule has 0 fully saturated rings. The summed E-state index contributed by atoms with van der Waals surface area (Å²) < 4.78 is 29.7. The van der Waals surface area contributed by atoms with E-state index < -0.39 is 0 Å². The third kappa shape index (κ3) is 6.71. The fourth-order valence-corrected chi connectivity index (χ4v) is 3.35. The molecule has 0 aliphatic heterocycles. The minimum atomic E-state index is -0.339. The van der Waals surface area contributed by atoms with Crippen molar-refractivity contribution in [1.29, 1.82) is 0 Å². The van der Waals surface area contributed by atoms with Crippen molar-refractivity contribution in [2.75, 3.05) is 25.5 Å². The minimum Gasteiger partial charge on any atom is -0.490 e. The van der Waals surface area contributed by atoms with Crippen LogP contribution in [-0.2, 0) is 11.2 Å². The number of carbonyl (C=O) groups excluding carboxylic acids is 1. The molecule has 7 nitrogen and oxygen atoms in total. The number of amides is 1. The van der Waals surface area contributed by atoms with Crippen molar-refractivity contribution < 1.29 is 23.1 Å². The number of thioether (sulfide) groups is 1. The van der Waals surface area contributed by atoms with E-state index in [0.29, 0.717) is 43.2 Å². The Morgan fingerprint density at radius 1 is 1.06 bits per heavy atom. The lowest BCUT2D eigenvalue weighted by Crippen LogP contribution is -2.27. The zero-order valence-corrected chi connectivity index (χ0v) is 18.2. The van der Waals surface area contributed by atoms with Crippen molar-refractivity contribution in [2.45, 2.75) is 25.5 Å². The maximum Gasteiger partial charge on any atom is 0.277 e. The second-order valence-corrected chi connectivity index (χ2v) is 7.34. The maximum absolute atomic E-state index is 13.0. The monoisotopic (exact) mass is 445 g/mol. The van der Waals surface area contributed by atoms with Gasteiger partial charge in [-0.25, -0.2) is 4.39 Å². The lowest BCUT2D eigenvalue weighted by atomic mass is 10.1. The number of nitrogens with zero attached hydrogens (tertiary/aromatic N) is 2. The van der Waals surface area contributed by atoms with Crippen molar-refractivity contribution in [3.63, 3.8) is 0 Å². The normalized spacial score (nSPS) is 10.7. The first-order valence-corrected chi connectivity index (χ1v) is 10.9. The van der Waals surface area contributed by atoms with Gasteiger partial charge in [0.05, 0.1) is 19.0 Å². The fourth-order valence-electron chi connectivity index (χ4n) is 2.75. The van der Waals surface area contributed by atoms with Crippen molar-refractivity contribution >= 4 is 17.7 Å². The van der Waals surface area contributed by atoms with Crippen LogP contribution in [0.4, 0.5) is 4.39 Å². The van der Waals surface area contributed by atoms with E-state index in [2.05, 4.69) is 15.5 Å². The Labute approximate surface area is 184 Å². The molecule has 1 heterocycles. The molecular formula is C22H24FN3O4S. The topological polar surface area (TPSA) is 86.5 Å². The molecule has 31 heavy (non-hydrogen) atoms. The molecule has 0 aliphatic rings. The lowest BCUT2D eigenvalue weighted by molar-refractivity contribution is -0.118. The molecule has 3 rings (SSSR count). The van der Waals surface area contributed by atoms with Gasteiger partial charge in [-0.2, -0.15) is 0 Å². The van der Waals surface area contributed by atoms with E-state index in [9.17, 15) is 9.18 Å². The van der Waals surface area contributed by atoms with Gasteiger partial charge in [0.25, 0.3) is 5.22 Å². The van der Waals surface area contributed by atoms with Gasteiger partial charge in [-0.1, -0.05) is 17.8 Å². The molecule has 0 aliphatic carbocycles. The van der Waals surface area contributed by atoms with Crippen LogP contribution in [0.25, 0.3) is 11.5 Å². The Hall–Kier alpha value is -3.07. The minimum absolute atomic E-state index is 0.137. The van der Waals surface area contributed by atoms with Gasteiger partial charge in [-0.3, -0.25) is 4.79 Å². The van der Waals surface area contributed by atoms with Crippen LogP contribution in [0.1, 0.15) is 19.4 Å². The molecule has 0 saturated carbocycles. The van der Waals surface area contributed by atoms with E-state index in [1.165, 1.54) is 12.1 Å². The standard InChI is InChI=1S/C22H24FN3O4S/c1-3-28-18-10-5-15(13-19(18)29-4-2)11-12-24-20(27)14-31-22-26-25-21(30-22)16-6-8-17(23)9-7-16/h5-10,13H,3-4,11-12,14H2,1-2H3,(H,24,27). The van der Waals surface area contributed by atoms with Crippen LogP contribution in [0.15, 0.2) is 52.1 Å². The summed E-state index contributed by atoms with van der Waals surface area (Å²) >= 11 is 1.15. The van der Waals surface area contributed by atoms with Gasteiger partial charge in [0.2, 0.25) is 11.8 Å². The molecule has 0 atom stereocenters. The summed E-state index contributed by atoms with van der Waals surface area (Å²) in [6.45, 7) is 5.46. The molecular weight excluding hydrogens is 421 g/mol. The van der Waals surface area contributed by atoms with E-state index in [1.807, 2.05) is 32.0 Å². The molecule has 0 radical (unpaired) electrons. The Morgan fingerprint density at radius 2 is 1.81 bits per heavy atom. The zero-order chi connectivity index (χ0) is 22.1. The molecule has 0 saturated heterocycles. The van der Waals surface area contributed by atoms with Crippen LogP contribution in [0.5, 0.6) is 11.5 Å². The Balaban J connectivity index is 1.44. The van der Waals surface area contributed by atoms with Crippen molar-refractivity contribution in [3.05, 3.63) is 53.8 Å². The SMILES string of the molecule is CCOc1ccc(CCNC(=O)CSc2nnc(-c3ccc(F)cc3)o2)cc1OCC. The predicted octanol–water partition coefficient (Wildman–Crippen LogP) is 4.12. The highest BCUT2D eigenvalue weighted by atomic mass is 32.2. The number of benzene rings is 2. The van der Waals surface area contributed by atoms with Gasteiger partial charge in [-0.15, -0.1) is 10.2 Å². The zero-order valence-electron chi connectivity index (χ0n) is 17.4. The van der Waals surface area contributed by atoms with E-state index in [4.69, 9.17) is 13.9 Å². The van der Waals surface area contributed by atoms with Gasteiger partial charge in [0, 0.05) is 12.1 Å². The number of aromatic nitrogens is 2. The Morgan fingerprint density at radius 3 is 2.55 bits per heavy atom. The van der Waals surface area contributed by atoms with Crippen LogP contribution in [0, 0.1) is 5.82 Å². The van der Waals surface area contributed by atoms with Crippen LogP contribution in [0.2, 0.25) is 0 Å². The lowest BCUT2D eigenvalue weighted by Gasteiger charge is -2.12. The molecule has 2 aromatic carbocycles. The highest BCUT2D eigenvalue weighted by Crippen LogP contribution is 2.28. The average molecular weight is 446 g/mol. The molecule has 1 aromatic heterocycles. The molecule has 0 unspecified atom stereocenters. The summed E-state index contributed by atoms with van der Waals surface area (Å²) in [7, 11) is 0. The van der Waals surface area contributed by atoms with E-state index >= 15 is 0 Å². The summed E-state index contributed by atoms with van der Waals surface area (Å²) in [4.78, 5) is 12.1. The summed E-state index contributed by atoms with van der Waals surface area (Å²) in [5, 5.41) is 11.0. The largest absolute Gasteiger partial charge is 0.490 e. The van der Waals surface area contributed by atoms with Crippen LogP contribution < -0.4 is 14.8 Å². The second kappa shape index (κ2) is 11.4. The molecule has 3 aromatic rings. The van der Waals surface area contributed by atoms with E-state index in [0.717, 1.165) is 17.3 Å².